The fourth-order valence-corrected chi connectivity index (χ4v) is 2.48. The van der Waals surface area contributed by atoms with Crippen LogP contribution in [0.5, 0.6) is 5.88 Å². The third-order valence-electron chi connectivity index (χ3n) is 3.68. The standard InChI is InChI=1S/C17H18N4O3/c1-18-9-10-24-17-15-11-14(21(22)23)7-8-16(15)20(19-17)12-13-5-3-2-4-6-13/h2-8,11,18H,9-10,12H2,1H3. The van der Waals surface area contributed by atoms with Gasteiger partial charge in [0, 0.05) is 18.7 Å². The molecule has 0 aliphatic rings. The van der Waals surface area contributed by atoms with Gasteiger partial charge in [-0.05, 0) is 18.7 Å². The molecule has 0 unspecified atom stereocenters. The summed E-state index contributed by atoms with van der Waals surface area (Å²) < 4.78 is 7.50. The molecule has 3 rings (SSSR count). The van der Waals surface area contributed by atoms with Crippen LogP contribution >= 0.6 is 0 Å². The van der Waals surface area contributed by atoms with Crippen molar-refractivity contribution in [2.45, 2.75) is 6.54 Å². The van der Waals surface area contributed by atoms with Crippen LogP contribution in [0.3, 0.4) is 0 Å². The summed E-state index contributed by atoms with van der Waals surface area (Å²) in [7, 11) is 1.83. The molecule has 7 nitrogen and oxygen atoms in total. The minimum Gasteiger partial charge on any atom is -0.475 e. The quantitative estimate of drug-likeness (QED) is 0.410. The van der Waals surface area contributed by atoms with E-state index in [1.807, 2.05) is 42.1 Å². The Morgan fingerprint density at radius 2 is 2.04 bits per heavy atom. The number of aromatic nitrogens is 2. The van der Waals surface area contributed by atoms with Crippen LogP contribution in [0, 0.1) is 10.1 Å². The second-order valence-electron chi connectivity index (χ2n) is 5.36. The largest absolute Gasteiger partial charge is 0.475 e. The SMILES string of the molecule is CNCCOc1nn(Cc2ccccc2)c2ccc([N+](=O)[O-])cc12. The van der Waals surface area contributed by atoms with Gasteiger partial charge in [-0.15, -0.1) is 5.10 Å². The molecule has 1 heterocycles. The molecule has 0 spiro atoms. The van der Waals surface area contributed by atoms with E-state index in [4.69, 9.17) is 4.74 Å². The van der Waals surface area contributed by atoms with E-state index in [2.05, 4.69) is 10.4 Å². The number of hydrogen-bond donors (Lipinski definition) is 1. The fraction of sp³-hybridized carbons (Fsp3) is 0.235. The van der Waals surface area contributed by atoms with Gasteiger partial charge in [0.05, 0.1) is 22.4 Å². The van der Waals surface area contributed by atoms with Gasteiger partial charge in [-0.3, -0.25) is 14.8 Å². The van der Waals surface area contributed by atoms with Crippen LogP contribution in [0.2, 0.25) is 0 Å². The van der Waals surface area contributed by atoms with Gasteiger partial charge in [0.15, 0.2) is 0 Å². The Hall–Kier alpha value is -2.93. The number of nitrogens with one attached hydrogen (secondary N) is 1. The molecule has 124 valence electrons. The van der Waals surface area contributed by atoms with Crippen LogP contribution in [0.25, 0.3) is 10.9 Å². The minimum atomic E-state index is -0.411. The lowest BCUT2D eigenvalue weighted by Crippen LogP contribution is -2.16. The zero-order valence-corrected chi connectivity index (χ0v) is 13.3. The van der Waals surface area contributed by atoms with Crippen molar-refractivity contribution in [2.24, 2.45) is 0 Å². The highest BCUT2D eigenvalue weighted by Gasteiger charge is 2.16. The summed E-state index contributed by atoms with van der Waals surface area (Å²) in [5.74, 6) is 0.417. The molecule has 0 aliphatic heterocycles. The Morgan fingerprint density at radius 3 is 2.75 bits per heavy atom. The molecular weight excluding hydrogens is 308 g/mol. The number of hydrogen-bond acceptors (Lipinski definition) is 5. The van der Waals surface area contributed by atoms with E-state index in [-0.39, 0.29) is 5.69 Å². The predicted octanol–water partition coefficient (Wildman–Crippen LogP) is 2.59. The Balaban J connectivity index is 2.00. The highest BCUT2D eigenvalue weighted by atomic mass is 16.6. The molecule has 0 fully saturated rings. The lowest BCUT2D eigenvalue weighted by molar-refractivity contribution is -0.384. The van der Waals surface area contributed by atoms with Gasteiger partial charge < -0.3 is 10.1 Å². The molecule has 0 bridgehead atoms. The van der Waals surface area contributed by atoms with Crippen molar-refractivity contribution in [3.63, 3.8) is 0 Å². The van der Waals surface area contributed by atoms with Gasteiger partial charge in [-0.25, -0.2) is 0 Å². The van der Waals surface area contributed by atoms with E-state index >= 15 is 0 Å². The maximum absolute atomic E-state index is 11.0. The van der Waals surface area contributed by atoms with Crippen molar-refractivity contribution in [3.05, 3.63) is 64.2 Å². The Kier molecular flexibility index (Phi) is 4.72. The van der Waals surface area contributed by atoms with Crippen LogP contribution < -0.4 is 10.1 Å². The maximum Gasteiger partial charge on any atom is 0.270 e. The zero-order chi connectivity index (χ0) is 16.9. The van der Waals surface area contributed by atoms with E-state index < -0.39 is 4.92 Å². The topological polar surface area (TPSA) is 82.2 Å². The molecule has 3 aromatic rings. The predicted molar refractivity (Wildman–Crippen MR) is 91.4 cm³/mol. The molecule has 0 saturated heterocycles. The number of fused-ring (bicyclic) bond motifs is 1. The summed E-state index contributed by atoms with van der Waals surface area (Å²) in [5.41, 5.74) is 1.94. The Labute approximate surface area is 139 Å². The van der Waals surface area contributed by atoms with Gasteiger partial charge in [0.2, 0.25) is 5.88 Å². The van der Waals surface area contributed by atoms with Gasteiger partial charge >= 0.3 is 0 Å². The van der Waals surface area contributed by atoms with E-state index in [0.29, 0.717) is 31.0 Å². The summed E-state index contributed by atoms with van der Waals surface area (Å²) in [6, 6.07) is 14.6. The van der Waals surface area contributed by atoms with Crippen LogP contribution in [0.15, 0.2) is 48.5 Å². The van der Waals surface area contributed by atoms with Gasteiger partial charge in [-0.2, -0.15) is 0 Å². The fourth-order valence-electron chi connectivity index (χ4n) is 2.48. The summed E-state index contributed by atoms with van der Waals surface area (Å²) in [5, 5.41) is 19.2. The van der Waals surface area contributed by atoms with Crippen LogP contribution in [0.4, 0.5) is 5.69 Å². The van der Waals surface area contributed by atoms with Crippen molar-refractivity contribution in [1.29, 1.82) is 0 Å². The molecule has 7 heteroatoms. The van der Waals surface area contributed by atoms with Crippen molar-refractivity contribution in [3.8, 4) is 5.88 Å². The molecule has 0 radical (unpaired) electrons. The summed E-state index contributed by atoms with van der Waals surface area (Å²) >= 11 is 0. The van der Waals surface area contributed by atoms with Gasteiger partial charge in [-0.1, -0.05) is 30.3 Å². The zero-order valence-electron chi connectivity index (χ0n) is 13.3. The average Bonchev–Trinajstić information content (AvgIpc) is 2.93. The first-order chi connectivity index (χ1) is 11.7. The Bertz CT molecular complexity index is 846. The van der Waals surface area contributed by atoms with E-state index in [0.717, 1.165) is 11.1 Å². The van der Waals surface area contributed by atoms with Crippen LogP contribution in [-0.2, 0) is 6.54 Å². The second-order valence-corrected chi connectivity index (χ2v) is 5.36. The second kappa shape index (κ2) is 7.10. The smallest absolute Gasteiger partial charge is 0.270 e. The highest BCUT2D eigenvalue weighted by Crippen LogP contribution is 2.29. The number of nitro benzene ring substituents is 1. The van der Waals surface area contributed by atoms with Gasteiger partial charge in [0.1, 0.15) is 6.61 Å². The van der Waals surface area contributed by atoms with Crippen molar-refractivity contribution < 1.29 is 9.66 Å². The first-order valence-electron chi connectivity index (χ1n) is 7.65. The molecular formula is C17H18N4O3. The summed E-state index contributed by atoms with van der Waals surface area (Å²) in [6.45, 7) is 1.68. The third kappa shape index (κ3) is 3.36. The average molecular weight is 326 g/mol. The van der Waals surface area contributed by atoms with Crippen molar-refractivity contribution in [2.75, 3.05) is 20.2 Å². The van der Waals surface area contributed by atoms with E-state index in [1.165, 1.54) is 12.1 Å². The first kappa shape index (κ1) is 15.9. The molecule has 24 heavy (non-hydrogen) atoms. The van der Waals surface area contributed by atoms with Crippen LogP contribution in [0.1, 0.15) is 5.56 Å². The summed E-state index contributed by atoms with van der Waals surface area (Å²) in [4.78, 5) is 10.6. The molecule has 1 aromatic heterocycles. The highest BCUT2D eigenvalue weighted by molar-refractivity contribution is 5.86. The maximum atomic E-state index is 11.0. The third-order valence-corrected chi connectivity index (χ3v) is 3.68. The number of nitrogens with zero attached hydrogens (tertiary/aromatic N) is 3. The molecule has 0 aliphatic carbocycles. The van der Waals surface area contributed by atoms with E-state index in [1.54, 1.807) is 6.07 Å². The summed E-state index contributed by atoms with van der Waals surface area (Å²) in [6.07, 6.45) is 0. The lowest BCUT2D eigenvalue weighted by Gasteiger charge is -2.03. The molecule has 0 saturated carbocycles. The number of ether oxygens (including phenoxy) is 1. The number of nitro groups is 1. The first-order valence-corrected chi connectivity index (χ1v) is 7.65. The molecule has 2 aromatic carbocycles. The van der Waals surface area contributed by atoms with Crippen molar-refractivity contribution >= 4 is 16.6 Å². The molecule has 1 N–H and O–H groups in total. The minimum absolute atomic E-state index is 0.0280. The number of benzene rings is 2. The normalized spacial score (nSPS) is 10.9. The van der Waals surface area contributed by atoms with E-state index in [9.17, 15) is 10.1 Å². The number of rotatable bonds is 7. The van der Waals surface area contributed by atoms with Crippen LogP contribution in [-0.4, -0.2) is 34.9 Å². The lowest BCUT2D eigenvalue weighted by atomic mass is 10.2. The Morgan fingerprint density at radius 1 is 1.25 bits per heavy atom. The van der Waals surface area contributed by atoms with Crippen molar-refractivity contribution in [1.82, 2.24) is 15.1 Å². The number of non-ortho nitro benzene ring substituents is 1. The monoisotopic (exact) mass is 326 g/mol. The molecule has 0 amide bonds. The molecule has 0 atom stereocenters. The van der Waals surface area contributed by atoms with Gasteiger partial charge in [0.25, 0.3) is 5.69 Å². The number of likely N-dealkylation sites (N-methyl/N-ethyl adjacent to an activating group) is 1.